The third-order valence-electron chi connectivity index (χ3n) is 20.0. The Morgan fingerprint density at radius 2 is 0.414 bits per heavy atom. The van der Waals surface area contributed by atoms with Crippen molar-refractivity contribution in [2.24, 2.45) is 0 Å². The lowest BCUT2D eigenvalue weighted by atomic mass is 9.99. The van der Waals surface area contributed by atoms with Crippen molar-refractivity contribution >= 4 is 109 Å². The second kappa shape index (κ2) is 21.7. The van der Waals surface area contributed by atoms with Crippen LogP contribution in [0, 0.1) is 0 Å². The molecule has 0 saturated carbocycles. The number of pyridine rings is 4. The van der Waals surface area contributed by atoms with E-state index in [4.69, 9.17) is 0 Å². The van der Waals surface area contributed by atoms with E-state index in [1.807, 2.05) is 204 Å². The van der Waals surface area contributed by atoms with Crippen molar-refractivity contribution in [3.8, 4) is 72.9 Å². The van der Waals surface area contributed by atoms with Gasteiger partial charge in [0.05, 0.1) is 83.6 Å². The maximum absolute atomic E-state index is 19.5. The van der Waals surface area contributed by atoms with E-state index in [0.717, 1.165) is 109 Å². The summed E-state index contributed by atoms with van der Waals surface area (Å²) in [5, 5.41) is 8.34. The van der Waals surface area contributed by atoms with Gasteiger partial charge in [-0.3, -0.25) is 19.9 Å². The molecular weight excluding hydrogens is 1230 g/mol. The molecule has 11 aromatic carbocycles. The van der Waals surface area contributed by atoms with E-state index in [2.05, 4.69) is 131 Å². The molecule has 0 atom stereocenters. The van der Waals surface area contributed by atoms with Crippen LogP contribution >= 0.6 is 0 Å². The van der Waals surface area contributed by atoms with Crippen molar-refractivity contribution in [1.82, 2.24) is 42.8 Å². The molecule has 9 heterocycles. The van der Waals surface area contributed by atoms with Gasteiger partial charge >= 0.3 is 6.18 Å². The highest BCUT2D eigenvalue weighted by Gasteiger charge is 2.46. The standard InChI is InChI=1S/C87H52F3N9/c88-87(89,90)81-82(95-71-27-7-1-21-61(71)62-22-2-8-28-72(62)95)84(98-77-37-33-53(57-17-13-41-91-49-57)45-67(77)68-46-54(34-38-78(68)98)58-18-14-42-92-50-58)86(97-75-31-11-5-25-65(75)66-26-6-12-32-76(66)97)85(83(81)96-73-29-9-3-23-63(73)64-24-4-10-30-74(64)96)99-79-39-35-55(59-19-15-43-93-51-59)47-69(79)70-48-56(36-40-80(70)99)60-20-16-44-94-52-60/h1-52H. The molecule has 0 saturated heterocycles. The van der Waals surface area contributed by atoms with Crippen LogP contribution in [0.2, 0.25) is 0 Å². The van der Waals surface area contributed by atoms with Crippen LogP contribution in [0.3, 0.4) is 0 Å². The number of alkyl halides is 3. The molecule has 20 rings (SSSR count). The van der Waals surface area contributed by atoms with E-state index in [-0.39, 0.29) is 22.7 Å². The van der Waals surface area contributed by atoms with Gasteiger partial charge in [0.25, 0.3) is 0 Å². The topological polar surface area (TPSA) is 76.2 Å². The van der Waals surface area contributed by atoms with Crippen LogP contribution < -0.4 is 0 Å². The van der Waals surface area contributed by atoms with Crippen molar-refractivity contribution in [2.45, 2.75) is 6.18 Å². The zero-order chi connectivity index (χ0) is 65.6. The van der Waals surface area contributed by atoms with Gasteiger partial charge in [0.15, 0.2) is 0 Å². The molecule has 0 aliphatic rings. The van der Waals surface area contributed by atoms with Crippen molar-refractivity contribution < 1.29 is 13.2 Å². The molecule has 99 heavy (non-hydrogen) atoms. The maximum Gasteiger partial charge on any atom is 0.420 e. The van der Waals surface area contributed by atoms with E-state index in [1.165, 1.54) is 0 Å². The Bertz CT molecular complexity index is 6010. The summed E-state index contributed by atoms with van der Waals surface area (Å²) in [6.07, 6.45) is 9.30. The first-order valence-corrected chi connectivity index (χ1v) is 32.9. The highest BCUT2D eigenvalue weighted by Crippen LogP contribution is 2.56. The molecule has 12 heteroatoms. The van der Waals surface area contributed by atoms with Crippen molar-refractivity contribution in [3.63, 3.8) is 0 Å². The SMILES string of the molecule is FC(F)(F)c1c(-n2c3ccccc3c3ccccc32)c(-n2c3ccc(-c4cccnc4)cc3c3cc(-c4cccnc4)ccc32)c(-n2c3ccccc3c3ccccc32)c(-n2c3ccc(-c4cccnc4)cc3c3cc(-c4cccnc4)ccc32)c1-n1c2ccccc2c2ccccc21. The Balaban J connectivity index is 1.12. The molecule has 0 bridgehead atoms. The van der Waals surface area contributed by atoms with Crippen molar-refractivity contribution in [1.29, 1.82) is 0 Å². The molecule has 466 valence electrons. The molecule has 0 radical (unpaired) electrons. The van der Waals surface area contributed by atoms with Crippen LogP contribution in [0.4, 0.5) is 13.2 Å². The number of para-hydroxylation sites is 6. The van der Waals surface area contributed by atoms with Gasteiger partial charge in [-0.15, -0.1) is 0 Å². The van der Waals surface area contributed by atoms with E-state index in [1.54, 1.807) is 24.8 Å². The van der Waals surface area contributed by atoms with Gasteiger partial charge in [0.1, 0.15) is 5.56 Å². The lowest BCUT2D eigenvalue weighted by Crippen LogP contribution is -2.23. The summed E-state index contributed by atoms with van der Waals surface area (Å²) in [4.78, 5) is 18.3. The minimum absolute atomic E-state index is 0.0673. The van der Waals surface area contributed by atoms with Gasteiger partial charge in [-0.2, -0.15) is 13.2 Å². The second-order valence-electron chi connectivity index (χ2n) is 25.3. The molecule has 0 aliphatic heterocycles. The Morgan fingerprint density at radius 3 is 0.636 bits per heavy atom. The molecule has 9 aromatic heterocycles. The van der Waals surface area contributed by atoms with Crippen LogP contribution in [0.15, 0.2) is 316 Å². The quantitative estimate of drug-likeness (QED) is 0.144. The van der Waals surface area contributed by atoms with Gasteiger partial charge < -0.3 is 22.8 Å². The first-order valence-electron chi connectivity index (χ1n) is 32.9. The fourth-order valence-electron chi connectivity index (χ4n) is 15.9. The summed E-state index contributed by atoms with van der Waals surface area (Å²) in [6.45, 7) is 0. The molecule has 0 spiro atoms. The van der Waals surface area contributed by atoms with E-state index in [0.29, 0.717) is 49.8 Å². The van der Waals surface area contributed by atoms with Gasteiger partial charge in [0.2, 0.25) is 0 Å². The highest BCUT2D eigenvalue weighted by atomic mass is 19.4. The Labute approximate surface area is 563 Å². The maximum atomic E-state index is 19.5. The lowest BCUT2D eigenvalue weighted by Gasteiger charge is -2.32. The fraction of sp³-hybridized carbons (Fsp3) is 0.0115. The monoisotopic (exact) mass is 1280 g/mol. The molecule has 0 aliphatic carbocycles. The average molecular weight is 1280 g/mol. The van der Waals surface area contributed by atoms with Gasteiger partial charge in [-0.05, 0) is 131 Å². The van der Waals surface area contributed by atoms with Crippen molar-refractivity contribution in [2.75, 3.05) is 0 Å². The summed E-state index contributed by atoms with van der Waals surface area (Å²) >= 11 is 0. The van der Waals surface area contributed by atoms with Gasteiger partial charge in [-0.25, -0.2) is 0 Å². The third-order valence-corrected chi connectivity index (χ3v) is 20.0. The van der Waals surface area contributed by atoms with Crippen LogP contribution in [0.25, 0.3) is 182 Å². The van der Waals surface area contributed by atoms with Crippen LogP contribution in [-0.2, 0) is 6.18 Å². The lowest BCUT2D eigenvalue weighted by molar-refractivity contribution is -0.137. The highest BCUT2D eigenvalue weighted by molar-refractivity contribution is 6.19. The summed E-state index contributed by atoms with van der Waals surface area (Å²) in [6, 6.07) is 89.3. The number of nitrogens with zero attached hydrogens (tertiary/aromatic N) is 9. The first kappa shape index (κ1) is 56.2. The smallest absolute Gasteiger partial charge is 0.306 e. The number of hydrogen-bond acceptors (Lipinski definition) is 4. The van der Waals surface area contributed by atoms with Crippen LogP contribution in [-0.4, -0.2) is 42.8 Å². The molecule has 9 nitrogen and oxygen atoms in total. The van der Waals surface area contributed by atoms with Crippen molar-refractivity contribution in [3.05, 3.63) is 322 Å². The molecule has 0 N–H and O–H groups in total. The van der Waals surface area contributed by atoms with Gasteiger partial charge in [0, 0.05) is 126 Å². The largest absolute Gasteiger partial charge is 0.420 e. The number of fused-ring (bicyclic) bond motifs is 15. The number of rotatable bonds is 9. The summed E-state index contributed by atoms with van der Waals surface area (Å²) in [5.41, 5.74) is 13.9. The number of hydrogen-bond donors (Lipinski definition) is 0. The third kappa shape index (κ3) is 8.42. The second-order valence-corrected chi connectivity index (χ2v) is 25.3. The molecule has 0 fully saturated rings. The predicted molar refractivity (Wildman–Crippen MR) is 396 cm³/mol. The number of halogens is 3. The fourth-order valence-corrected chi connectivity index (χ4v) is 15.9. The zero-order valence-electron chi connectivity index (χ0n) is 52.7. The molecule has 0 unspecified atom stereocenters. The van der Waals surface area contributed by atoms with Gasteiger partial charge in [-0.1, -0.05) is 158 Å². The van der Waals surface area contributed by atoms with E-state index in [9.17, 15) is 0 Å². The summed E-state index contributed by atoms with van der Waals surface area (Å²) in [5.74, 6) is 0. The normalized spacial score (nSPS) is 12.2. The predicted octanol–water partition coefficient (Wildman–Crippen LogP) is 22.4. The summed E-state index contributed by atoms with van der Waals surface area (Å²) < 4.78 is 68.8. The Kier molecular flexibility index (Phi) is 12.3. The molecule has 20 aromatic rings. The minimum atomic E-state index is -5.13. The zero-order valence-corrected chi connectivity index (χ0v) is 52.7. The molecular formula is C87H52F3N9. The van der Waals surface area contributed by atoms with E-state index >= 15 is 13.2 Å². The minimum Gasteiger partial charge on any atom is -0.306 e. The molecule has 0 amide bonds. The summed E-state index contributed by atoms with van der Waals surface area (Å²) in [7, 11) is 0. The van der Waals surface area contributed by atoms with Crippen LogP contribution in [0.5, 0.6) is 0 Å². The van der Waals surface area contributed by atoms with Crippen LogP contribution in [0.1, 0.15) is 5.56 Å². The van der Waals surface area contributed by atoms with E-state index < -0.39 is 11.7 Å². The number of benzene rings is 11. The average Bonchev–Trinajstić information content (AvgIpc) is 1.57. The first-order chi connectivity index (χ1) is 48.8. The Hall–Kier alpha value is -13.2. The Morgan fingerprint density at radius 1 is 0.202 bits per heavy atom. The number of aromatic nitrogens is 9.